The number of rotatable bonds is 1. The Balaban J connectivity index is 2.36. The van der Waals surface area contributed by atoms with Crippen LogP contribution in [0.5, 0.6) is 0 Å². The maximum Gasteiger partial charge on any atom is 0.417 e. The Morgan fingerprint density at radius 3 is 2.60 bits per heavy atom. The van der Waals surface area contributed by atoms with Gasteiger partial charge in [-0.1, -0.05) is 11.6 Å². The first kappa shape index (κ1) is 9.67. The van der Waals surface area contributed by atoms with Crippen molar-refractivity contribution in [2.75, 3.05) is 0 Å². The average Bonchev–Trinajstić information content (AvgIpc) is 2.65. The molecule has 5 nitrogen and oxygen atoms in total. The van der Waals surface area contributed by atoms with Gasteiger partial charge in [-0.15, -0.1) is 0 Å². The third kappa shape index (κ3) is 1.97. The number of nitrogens with zero attached hydrogens (tertiary/aromatic N) is 2. The average molecular weight is 224 g/mol. The van der Waals surface area contributed by atoms with Crippen LogP contribution >= 0.6 is 11.6 Å². The Labute approximate surface area is 89.4 Å². The van der Waals surface area contributed by atoms with Gasteiger partial charge >= 0.3 is 5.91 Å². The Hall–Kier alpha value is -1.88. The van der Waals surface area contributed by atoms with Crippen LogP contribution in [-0.2, 0) is 0 Å². The molecule has 0 fully saturated rings. The lowest BCUT2D eigenvalue weighted by molar-refractivity contribution is -0.651. The monoisotopic (exact) mass is 223 g/mol. The maximum atomic E-state index is 11.7. The fourth-order valence-corrected chi connectivity index (χ4v) is 1.19. The van der Waals surface area contributed by atoms with Crippen molar-refractivity contribution in [1.29, 1.82) is 5.41 Å². The van der Waals surface area contributed by atoms with Crippen LogP contribution in [0.25, 0.3) is 0 Å². The molecule has 1 heterocycles. The molecule has 0 saturated carbocycles. The summed E-state index contributed by atoms with van der Waals surface area (Å²) >= 11 is 5.68. The van der Waals surface area contributed by atoms with E-state index in [2.05, 4.69) is 9.79 Å². The minimum absolute atomic E-state index is 0.169. The standard InChI is InChI=1S/C9H6ClN3O2/c10-7-3-1-6(2-4-7)9(14)13-5-8(11)15-12-13/h1-5,11H. The van der Waals surface area contributed by atoms with Gasteiger partial charge in [0.1, 0.15) is 0 Å². The van der Waals surface area contributed by atoms with E-state index in [1.54, 1.807) is 24.3 Å². The lowest BCUT2D eigenvalue weighted by Crippen LogP contribution is -2.45. The van der Waals surface area contributed by atoms with Crippen LogP contribution in [0.1, 0.15) is 10.4 Å². The highest BCUT2D eigenvalue weighted by Crippen LogP contribution is 2.08. The molecule has 0 aliphatic heterocycles. The van der Waals surface area contributed by atoms with Gasteiger partial charge in [0.25, 0.3) is 5.55 Å². The molecule has 0 radical (unpaired) electrons. The molecule has 1 aromatic heterocycles. The molecule has 2 aromatic rings. The van der Waals surface area contributed by atoms with Crippen molar-refractivity contribution in [2.45, 2.75) is 0 Å². The number of hydrogen-bond donors (Lipinski definition) is 1. The topological polar surface area (TPSA) is 72.0 Å². The lowest BCUT2D eigenvalue weighted by Gasteiger charge is -1.95. The minimum atomic E-state index is -0.367. The lowest BCUT2D eigenvalue weighted by atomic mass is 10.2. The minimum Gasteiger partial charge on any atom is -0.486 e. The number of hydrogen-bond acceptors (Lipinski definition) is 3. The van der Waals surface area contributed by atoms with Crippen molar-refractivity contribution in [3.63, 3.8) is 0 Å². The van der Waals surface area contributed by atoms with E-state index >= 15 is 0 Å². The van der Waals surface area contributed by atoms with Crippen LogP contribution in [0, 0.1) is 5.41 Å². The second-order valence-electron chi connectivity index (χ2n) is 2.82. The third-order valence-electron chi connectivity index (χ3n) is 1.77. The molecule has 1 aromatic carbocycles. The molecular formula is C9H6ClN3O2. The molecule has 76 valence electrons. The van der Waals surface area contributed by atoms with Crippen LogP contribution in [0.3, 0.4) is 0 Å². The zero-order valence-corrected chi connectivity index (χ0v) is 8.23. The highest BCUT2D eigenvalue weighted by atomic mass is 35.5. The molecule has 0 amide bonds. The molecule has 0 unspecified atom stereocenters. The summed E-state index contributed by atoms with van der Waals surface area (Å²) in [6.45, 7) is 0. The SMILES string of the molecule is N=c1c[n+](C(=O)c2ccc(Cl)cc2)[n-]o1. The Morgan fingerprint density at radius 2 is 2.07 bits per heavy atom. The fourth-order valence-electron chi connectivity index (χ4n) is 1.07. The normalized spacial score (nSPS) is 10.2. The van der Waals surface area contributed by atoms with Gasteiger partial charge in [-0.25, -0.2) is 10.1 Å². The van der Waals surface area contributed by atoms with Crippen LogP contribution in [-0.4, -0.2) is 5.91 Å². The van der Waals surface area contributed by atoms with E-state index < -0.39 is 0 Å². The van der Waals surface area contributed by atoms with Gasteiger partial charge in [-0.3, -0.25) is 5.41 Å². The Bertz CT molecular complexity index is 541. The molecule has 6 heteroatoms. The summed E-state index contributed by atoms with van der Waals surface area (Å²) in [5.41, 5.74) is 0.259. The molecule has 0 spiro atoms. The summed E-state index contributed by atoms with van der Waals surface area (Å²) in [6, 6.07) is 6.38. The van der Waals surface area contributed by atoms with Crippen LogP contribution in [0.4, 0.5) is 0 Å². The first-order valence-electron chi connectivity index (χ1n) is 4.07. The summed E-state index contributed by atoms with van der Waals surface area (Å²) in [5, 5.41) is 11.0. The first-order chi connectivity index (χ1) is 7.16. The molecule has 2 rings (SSSR count). The maximum absolute atomic E-state index is 11.7. The third-order valence-corrected chi connectivity index (χ3v) is 2.02. The summed E-state index contributed by atoms with van der Waals surface area (Å²) in [4.78, 5) is 11.7. The number of carbonyl (C=O) groups excluding carboxylic acids is 1. The molecule has 1 N–H and O–H groups in total. The second-order valence-corrected chi connectivity index (χ2v) is 3.26. The van der Waals surface area contributed by atoms with Gasteiger partial charge in [0, 0.05) is 5.02 Å². The number of benzene rings is 1. The second kappa shape index (κ2) is 3.70. The van der Waals surface area contributed by atoms with Crippen molar-refractivity contribution < 1.29 is 14.0 Å². The van der Waals surface area contributed by atoms with Crippen LogP contribution < -0.4 is 15.5 Å². The van der Waals surface area contributed by atoms with E-state index in [1.165, 1.54) is 6.20 Å². The van der Waals surface area contributed by atoms with Crippen LogP contribution in [0.2, 0.25) is 5.02 Å². The quantitative estimate of drug-likeness (QED) is 0.709. The predicted octanol–water partition coefficient (Wildman–Crippen LogP) is 0.346. The van der Waals surface area contributed by atoms with Crippen molar-refractivity contribution in [2.24, 2.45) is 0 Å². The zero-order chi connectivity index (χ0) is 10.8. The summed E-state index contributed by atoms with van der Waals surface area (Å²) in [5.74, 6) is -0.367. The summed E-state index contributed by atoms with van der Waals surface area (Å²) in [6.07, 6.45) is 1.19. The molecule has 0 aliphatic rings. The van der Waals surface area contributed by atoms with Crippen LogP contribution in [0.15, 0.2) is 35.0 Å². The van der Waals surface area contributed by atoms with Gasteiger partial charge in [0.2, 0.25) is 6.20 Å². The van der Waals surface area contributed by atoms with Crippen molar-refractivity contribution in [1.82, 2.24) is 5.27 Å². The highest BCUT2D eigenvalue weighted by molar-refractivity contribution is 6.30. The van der Waals surface area contributed by atoms with Gasteiger partial charge < -0.3 is 4.52 Å². The van der Waals surface area contributed by atoms with E-state index in [0.29, 0.717) is 10.6 Å². The highest BCUT2D eigenvalue weighted by Gasteiger charge is 2.14. The van der Waals surface area contributed by atoms with Crippen molar-refractivity contribution in [3.05, 3.63) is 46.6 Å². The fraction of sp³-hybridized carbons (Fsp3) is 0. The van der Waals surface area contributed by atoms with E-state index in [1.807, 2.05) is 0 Å². The van der Waals surface area contributed by atoms with E-state index in [-0.39, 0.29) is 11.5 Å². The zero-order valence-electron chi connectivity index (χ0n) is 7.48. The first-order valence-corrected chi connectivity index (χ1v) is 4.45. The van der Waals surface area contributed by atoms with Gasteiger partial charge in [0.15, 0.2) is 0 Å². The summed E-state index contributed by atoms with van der Waals surface area (Å²) in [7, 11) is 0. The van der Waals surface area contributed by atoms with E-state index in [9.17, 15) is 4.79 Å². The van der Waals surface area contributed by atoms with E-state index in [0.717, 1.165) is 4.68 Å². The van der Waals surface area contributed by atoms with Crippen molar-refractivity contribution in [3.8, 4) is 0 Å². The largest absolute Gasteiger partial charge is 0.486 e. The van der Waals surface area contributed by atoms with E-state index in [4.69, 9.17) is 17.0 Å². The number of halogens is 1. The Morgan fingerprint density at radius 1 is 1.40 bits per heavy atom. The predicted molar refractivity (Wildman–Crippen MR) is 49.3 cm³/mol. The van der Waals surface area contributed by atoms with Gasteiger partial charge in [0.05, 0.1) is 5.56 Å². The van der Waals surface area contributed by atoms with Crippen molar-refractivity contribution >= 4 is 17.5 Å². The molecule has 0 atom stereocenters. The number of nitrogens with one attached hydrogen (secondary N) is 1. The summed E-state index contributed by atoms with van der Waals surface area (Å²) < 4.78 is 5.43. The molecule has 0 bridgehead atoms. The molecule has 15 heavy (non-hydrogen) atoms. The van der Waals surface area contributed by atoms with Gasteiger partial charge in [-0.05, 0) is 24.3 Å². The number of carbonyl (C=O) groups is 1. The molecule has 0 saturated heterocycles. The molecule has 0 aliphatic carbocycles. The number of aromatic nitrogens is 2. The van der Waals surface area contributed by atoms with Gasteiger partial charge in [-0.2, -0.15) is 4.68 Å². The Kier molecular flexibility index (Phi) is 2.39. The smallest absolute Gasteiger partial charge is 0.417 e. The molecular weight excluding hydrogens is 218 g/mol.